The van der Waals surface area contributed by atoms with Gasteiger partial charge in [-0.2, -0.15) is 0 Å². The molecule has 0 saturated carbocycles. The minimum Gasteiger partial charge on any atom is -0.320 e. The lowest BCUT2D eigenvalue weighted by atomic mass is 10.1. The van der Waals surface area contributed by atoms with Crippen LogP contribution in [0.1, 0.15) is 22.0 Å². The highest BCUT2D eigenvalue weighted by Crippen LogP contribution is 2.33. The fraction of sp³-hybridized carbons (Fsp3) is 0.167. The van der Waals surface area contributed by atoms with E-state index in [1.165, 1.54) is 0 Å². The summed E-state index contributed by atoms with van der Waals surface area (Å²) in [5, 5.41) is 0. The Balaban J connectivity index is 2.35. The minimum atomic E-state index is -0.103. The maximum atomic E-state index is 6.20. The molecule has 1 aromatic carbocycles. The van der Waals surface area contributed by atoms with Crippen molar-refractivity contribution in [2.75, 3.05) is 0 Å². The summed E-state index contributed by atoms with van der Waals surface area (Å²) in [6.07, 6.45) is 0. The van der Waals surface area contributed by atoms with E-state index in [-0.39, 0.29) is 6.04 Å². The van der Waals surface area contributed by atoms with Crippen molar-refractivity contribution in [3.05, 3.63) is 55.1 Å². The number of aryl methyl sites for hydroxylation is 1. The summed E-state index contributed by atoms with van der Waals surface area (Å²) in [6.45, 7) is 2.00. The average molecular weight is 317 g/mol. The highest BCUT2D eigenvalue weighted by atomic mass is 79.9. The third-order valence-corrected chi connectivity index (χ3v) is 4.52. The molecule has 2 rings (SSSR count). The quantitative estimate of drug-likeness (QED) is 0.866. The van der Waals surface area contributed by atoms with Gasteiger partial charge in [-0.15, -0.1) is 11.3 Å². The van der Waals surface area contributed by atoms with Crippen molar-refractivity contribution in [3.8, 4) is 0 Å². The van der Waals surface area contributed by atoms with Crippen molar-refractivity contribution in [1.29, 1.82) is 0 Å². The molecule has 1 atom stereocenters. The molecule has 1 nitrogen and oxygen atoms in total. The predicted octanol–water partition coefficient (Wildman–Crippen LogP) is 4.52. The van der Waals surface area contributed by atoms with E-state index >= 15 is 0 Å². The molecule has 2 aromatic rings. The predicted molar refractivity (Wildman–Crippen MR) is 74.2 cm³/mol. The molecule has 4 heteroatoms. The van der Waals surface area contributed by atoms with Gasteiger partial charge in [-0.05, 0) is 36.2 Å². The van der Waals surface area contributed by atoms with Crippen molar-refractivity contribution in [3.63, 3.8) is 0 Å². The third-order valence-electron chi connectivity index (χ3n) is 2.39. The second kappa shape index (κ2) is 4.88. The molecule has 0 aliphatic carbocycles. The first kappa shape index (κ1) is 12.1. The van der Waals surface area contributed by atoms with Crippen LogP contribution >= 0.6 is 38.9 Å². The maximum absolute atomic E-state index is 6.20. The van der Waals surface area contributed by atoms with Gasteiger partial charge < -0.3 is 5.73 Å². The SMILES string of the molecule is Cc1cc(C(N)c2cccc(Br)c2)sc1Cl. The zero-order chi connectivity index (χ0) is 11.7. The summed E-state index contributed by atoms with van der Waals surface area (Å²) in [6, 6.07) is 9.99. The number of nitrogens with two attached hydrogens (primary N) is 1. The molecule has 0 amide bonds. The zero-order valence-corrected chi connectivity index (χ0v) is 11.9. The second-order valence-electron chi connectivity index (χ2n) is 3.64. The van der Waals surface area contributed by atoms with Crippen LogP contribution in [-0.4, -0.2) is 0 Å². The molecule has 0 spiro atoms. The maximum Gasteiger partial charge on any atom is 0.0961 e. The van der Waals surface area contributed by atoms with E-state index in [1.54, 1.807) is 11.3 Å². The van der Waals surface area contributed by atoms with Crippen LogP contribution in [0, 0.1) is 6.92 Å². The van der Waals surface area contributed by atoms with Crippen LogP contribution in [0.25, 0.3) is 0 Å². The molecule has 0 aliphatic heterocycles. The van der Waals surface area contributed by atoms with Crippen molar-refractivity contribution in [1.82, 2.24) is 0 Å². The molecule has 0 saturated heterocycles. The van der Waals surface area contributed by atoms with Gasteiger partial charge >= 0.3 is 0 Å². The summed E-state index contributed by atoms with van der Waals surface area (Å²) in [7, 11) is 0. The van der Waals surface area contributed by atoms with Crippen LogP contribution in [0.3, 0.4) is 0 Å². The first-order valence-electron chi connectivity index (χ1n) is 4.85. The van der Waals surface area contributed by atoms with Gasteiger partial charge in [0.1, 0.15) is 0 Å². The molecule has 1 unspecified atom stereocenters. The van der Waals surface area contributed by atoms with Crippen LogP contribution in [-0.2, 0) is 0 Å². The molecular weight excluding hydrogens is 306 g/mol. The fourth-order valence-electron chi connectivity index (χ4n) is 1.50. The van der Waals surface area contributed by atoms with Crippen LogP contribution in [0.2, 0.25) is 4.34 Å². The zero-order valence-electron chi connectivity index (χ0n) is 8.71. The normalized spacial score (nSPS) is 12.8. The minimum absolute atomic E-state index is 0.103. The van der Waals surface area contributed by atoms with Crippen molar-refractivity contribution >= 4 is 38.9 Å². The Kier molecular flexibility index (Phi) is 3.70. The molecule has 16 heavy (non-hydrogen) atoms. The smallest absolute Gasteiger partial charge is 0.0961 e. The van der Waals surface area contributed by atoms with Crippen LogP contribution in [0.5, 0.6) is 0 Å². The summed E-state index contributed by atoms with van der Waals surface area (Å²) in [5.41, 5.74) is 8.38. The Morgan fingerprint density at radius 2 is 2.12 bits per heavy atom. The van der Waals surface area contributed by atoms with E-state index in [4.69, 9.17) is 17.3 Å². The first-order valence-corrected chi connectivity index (χ1v) is 6.83. The summed E-state index contributed by atoms with van der Waals surface area (Å²) < 4.78 is 1.86. The number of benzene rings is 1. The Morgan fingerprint density at radius 1 is 1.38 bits per heavy atom. The average Bonchev–Trinajstić information content (AvgIpc) is 2.58. The molecule has 2 N–H and O–H groups in total. The topological polar surface area (TPSA) is 26.0 Å². The number of hydrogen-bond acceptors (Lipinski definition) is 2. The van der Waals surface area contributed by atoms with E-state index in [1.807, 2.05) is 31.2 Å². The number of hydrogen-bond donors (Lipinski definition) is 1. The van der Waals surface area contributed by atoms with E-state index in [0.717, 1.165) is 24.8 Å². The Bertz CT molecular complexity index is 490. The van der Waals surface area contributed by atoms with Gasteiger partial charge in [-0.25, -0.2) is 0 Å². The molecule has 0 radical (unpaired) electrons. The number of thiophene rings is 1. The van der Waals surface area contributed by atoms with Gasteiger partial charge in [0.25, 0.3) is 0 Å². The largest absolute Gasteiger partial charge is 0.320 e. The summed E-state index contributed by atoms with van der Waals surface area (Å²) in [5.74, 6) is 0. The fourth-order valence-corrected chi connectivity index (χ4v) is 3.17. The van der Waals surface area contributed by atoms with Crippen LogP contribution in [0.15, 0.2) is 34.8 Å². The molecule has 84 valence electrons. The van der Waals surface area contributed by atoms with Crippen LogP contribution in [0.4, 0.5) is 0 Å². The van der Waals surface area contributed by atoms with Gasteiger partial charge in [0.15, 0.2) is 0 Å². The molecule has 1 aromatic heterocycles. The summed E-state index contributed by atoms with van der Waals surface area (Å²) in [4.78, 5) is 1.10. The monoisotopic (exact) mass is 315 g/mol. The van der Waals surface area contributed by atoms with Crippen molar-refractivity contribution in [2.45, 2.75) is 13.0 Å². The van der Waals surface area contributed by atoms with Gasteiger partial charge in [0, 0.05) is 9.35 Å². The lowest BCUT2D eigenvalue weighted by molar-refractivity contribution is 0.891. The van der Waals surface area contributed by atoms with E-state index in [9.17, 15) is 0 Å². The molecule has 0 aliphatic rings. The van der Waals surface area contributed by atoms with Gasteiger partial charge in [0.05, 0.1) is 10.4 Å². The number of rotatable bonds is 2. The lowest BCUT2D eigenvalue weighted by Crippen LogP contribution is -2.09. The Labute approximate surface area is 112 Å². The molecule has 1 heterocycles. The lowest BCUT2D eigenvalue weighted by Gasteiger charge is -2.09. The van der Waals surface area contributed by atoms with E-state index in [2.05, 4.69) is 22.0 Å². The Hall–Kier alpha value is -0.350. The van der Waals surface area contributed by atoms with Gasteiger partial charge in [-0.1, -0.05) is 39.7 Å². The summed E-state index contributed by atoms with van der Waals surface area (Å²) >= 11 is 11.0. The molecule has 0 bridgehead atoms. The molecular formula is C12H11BrClNS. The highest BCUT2D eigenvalue weighted by molar-refractivity contribution is 9.10. The number of halogens is 2. The van der Waals surface area contributed by atoms with Crippen LogP contribution < -0.4 is 5.73 Å². The first-order chi connectivity index (χ1) is 7.58. The van der Waals surface area contributed by atoms with Crippen molar-refractivity contribution < 1.29 is 0 Å². The van der Waals surface area contributed by atoms with Gasteiger partial charge in [-0.3, -0.25) is 0 Å². The Morgan fingerprint density at radius 3 is 2.69 bits per heavy atom. The van der Waals surface area contributed by atoms with E-state index < -0.39 is 0 Å². The van der Waals surface area contributed by atoms with Crippen molar-refractivity contribution in [2.24, 2.45) is 5.73 Å². The van der Waals surface area contributed by atoms with E-state index in [0.29, 0.717) is 0 Å². The molecule has 0 fully saturated rings. The highest BCUT2D eigenvalue weighted by Gasteiger charge is 2.13. The standard InChI is InChI=1S/C12H11BrClNS/c1-7-5-10(16-12(7)14)11(15)8-3-2-4-9(13)6-8/h2-6,11H,15H2,1H3. The third kappa shape index (κ3) is 2.48. The second-order valence-corrected chi connectivity index (χ2v) is 6.24. The van der Waals surface area contributed by atoms with Gasteiger partial charge in [0.2, 0.25) is 0 Å².